The number of β-amino-alcohol motifs (C(OH)–C–C–N with tert-alkyl or cyclic N) is 1. The lowest BCUT2D eigenvalue weighted by atomic mass is 10.3. The minimum atomic E-state index is -3.90. The van der Waals surface area contributed by atoms with E-state index in [0.717, 1.165) is 12.1 Å². The van der Waals surface area contributed by atoms with Crippen LogP contribution in [-0.4, -0.2) is 81.2 Å². The van der Waals surface area contributed by atoms with Gasteiger partial charge in [-0.1, -0.05) is 0 Å². The third kappa shape index (κ3) is 4.00. The van der Waals surface area contributed by atoms with Crippen molar-refractivity contribution in [2.24, 2.45) is 0 Å². The Bertz CT molecular complexity index is 730. The Morgan fingerprint density at radius 2 is 1.76 bits per heavy atom. The van der Waals surface area contributed by atoms with Gasteiger partial charge in [0.05, 0.1) is 31.8 Å². The normalized spacial score (nSPS) is 16.6. The molecule has 2 rings (SSSR count). The van der Waals surface area contributed by atoms with Crippen molar-refractivity contribution in [3.8, 4) is 11.5 Å². The van der Waals surface area contributed by atoms with Gasteiger partial charge in [0.25, 0.3) is 0 Å². The average Bonchev–Trinajstić information content (AvgIpc) is 2.61. The van der Waals surface area contributed by atoms with Crippen molar-refractivity contribution < 1.29 is 27.9 Å². The molecule has 1 heterocycles. The highest BCUT2D eigenvalue weighted by Gasteiger charge is 2.33. The third-order valence-electron chi connectivity index (χ3n) is 4.03. The zero-order valence-electron chi connectivity index (χ0n) is 14.0. The molecule has 0 aromatic heterocycles. The molecule has 1 aliphatic rings. The van der Waals surface area contributed by atoms with Gasteiger partial charge in [-0.2, -0.15) is 4.31 Å². The van der Waals surface area contributed by atoms with E-state index in [1.807, 2.05) is 4.90 Å². The van der Waals surface area contributed by atoms with Crippen LogP contribution >= 0.6 is 0 Å². The van der Waals surface area contributed by atoms with E-state index in [0.29, 0.717) is 19.6 Å². The lowest BCUT2D eigenvalue weighted by Gasteiger charge is -2.33. The van der Waals surface area contributed by atoms with Crippen molar-refractivity contribution in [1.29, 1.82) is 0 Å². The van der Waals surface area contributed by atoms with Gasteiger partial charge in [-0.3, -0.25) is 15.0 Å². The minimum absolute atomic E-state index is 0.0140. The van der Waals surface area contributed by atoms with Gasteiger partial charge in [0, 0.05) is 38.8 Å². The number of aliphatic hydroxyl groups excluding tert-OH is 1. The second-order valence-corrected chi connectivity index (χ2v) is 7.31. The van der Waals surface area contributed by atoms with Crippen LogP contribution in [0.3, 0.4) is 0 Å². The van der Waals surface area contributed by atoms with Crippen LogP contribution < -0.4 is 9.47 Å². The number of piperazine rings is 1. The van der Waals surface area contributed by atoms with Gasteiger partial charge in [0.2, 0.25) is 10.0 Å². The number of rotatable bonds is 7. The first-order chi connectivity index (χ1) is 11.8. The maximum atomic E-state index is 12.9. The topological polar surface area (TPSA) is 122 Å². The second kappa shape index (κ2) is 7.95. The summed E-state index contributed by atoms with van der Waals surface area (Å²) in [5.41, 5.74) is -0.369. The lowest BCUT2D eigenvalue weighted by molar-refractivity contribution is -0.385. The number of nitrogens with zero attached hydrogens (tertiary/aromatic N) is 3. The van der Waals surface area contributed by atoms with Crippen molar-refractivity contribution in [3.63, 3.8) is 0 Å². The van der Waals surface area contributed by atoms with E-state index in [4.69, 9.17) is 14.6 Å². The SMILES string of the molecule is COc1cc(S(=O)(=O)N2CCN(CCO)CC2)c(OC)cc1[N+](=O)[O-]. The van der Waals surface area contributed by atoms with E-state index in [-0.39, 0.29) is 41.8 Å². The Labute approximate surface area is 145 Å². The highest BCUT2D eigenvalue weighted by atomic mass is 32.2. The van der Waals surface area contributed by atoms with E-state index in [1.54, 1.807) is 0 Å². The summed E-state index contributed by atoms with van der Waals surface area (Å²) in [7, 11) is -1.41. The number of hydrogen-bond acceptors (Lipinski definition) is 8. The van der Waals surface area contributed by atoms with Gasteiger partial charge in [-0.25, -0.2) is 8.42 Å². The first kappa shape index (κ1) is 19.4. The molecule has 0 unspecified atom stereocenters. The summed E-state index contributed by atoms with van der Waals surface area (Å²) in [5.74, 6) is -0.256. The van der Waals surface area contributed by atoms with E-state index < -0.39 is 14.9 Å². The molecule has 0 amide bonds. The fourth-order valence-electron chi connectivity index (χ4n) is 2.67. The number of methoxy groups -OCH3 is 2. The van der Waals surface area contributed by atoms with Crippen LogP contribution in [0.25, 0.3) is 0 Å². The lowest BCUT2D eigenvalue weighted by Crippen LogP contribution is -2.49. The fourth-order valence-corrected chi connectivity index (χ4v) is 4.25. The summed E-state index contributed by atoms with van der Waals surface area (Å²) >= 11 is 0. The largest absolute Gasteiger partial charge is 0.495 e. The molecular weight excluding hydrogens is 354 g/mol. The molecule has 140 valence electrons. The van der Waals surface area contributed by atoms with Gasteiger partial charge >= 0.3 is 5.69 Å². The Balaban J connectivity index is 2.37. The first-order valence-electron chi connectivity index (χ1n) is 7.59. The summed E-state index contributed by atoms with van der Waals surface area (Å²) in [6.45, 7) is 2.00. The number of benzene rings is 1. The van der Waals surface area contributed by atoms with Gasteiger partial charge < -0.3 is 14.6 Å². The molecule has 1 aliphatic heterocycles. The summed E-state index contributed by atoms with van der Waals surface area (Å²) in [6.07, 6.45) is 0. The van der Waals surface area contributed by atoms with Crippen LogP contribution in [0.5, 0.6) is 11.5 Å². The van der Waals surface area contributed by atoms with Crippen molar-refractivity contribution in [1.82, 2.24) is 9.21 Å². The molecule has 1 N–H and O–H groups in total. The maximum Gasteiger partial charge on any atom is 0.314 e. The Kier molecular flexibility index (Phi) is 6.16. The zero-order chi connectivity index (χ0) is 18.6. The highest BCUT2D eigenvalue weighted by molar-refractivity contribution is 7.89. The summed E-state index contributed by atoms with van der Waals surface area (Å²) in [5, 5.41) is 20.1. The van der Waals surface area contributed by atoms with Crippen LogP contribution in [0.2, 0.25) is 0 Å². The summed E-state index contributed by atoms with van der Waals surface area (Å²) < 4.78 is 37.2. The van der Waals surface area contributed by atoms with Crippen molar-refractivity contribution in [3.05, 3.63) is 22.2 Å². The quantitative estimate of drug-likeness (QED) is 0.518. The Morgan fingerprint density at radius 3 is 2.24 bits per heavy atom. The molecule has 10 nitrogen and oxygen atoms in total. The molecule has 0 radical (unpaired) electrons. The van der Waals surface area contributed by atoms with E-state index in [1.165, 1.54) is 18.5 Å². The minimum Gasteiger partial charge on any atom is -0.495 e. The van der Waals surface area contributed by atoms with Crippen molar-refractivity contribution in [2.75, 3.05) is 53.6 Å². The first-order valence-corrected chi connectivity index (χ1v) is 9.03. The highest BCUT2D eigenvalue weighted by Crippen LogP contribution is 2.38. The van der Waals surface area contributed by atoms with Gasteiger partial charge in [0.1, 0.15) is 10.6 Å². The van der Waals surface area contributed by atoms with E-state index in [9.17, 15) is 18.5 Å². The van der Waals surface area contributed by atoms with Crippen molar-refractivity contribution in [2.45, 2.75) is 4.90 Å². The fraction of sp³-hybridized carbons (Fsp3) is 0.571. The zero-order valence-corrected chi connectivity index (χ0v) is 14.9. The molecule has 0 spiro atoms. The Hall–Kier alpha value is -1.95. The van der Waals surface area contributed by atoms with Crippen LogP contribution in [0, 0.1) is 10.1 Å². The predicted molar refractivity (Wildman–Crippen MR) is 88.5 cm³/mol. The van der Waals surface area contributed by atoms with Gasteiger partial charge in [-0.15, -0.1) is 0 Å². The number of sulfonamides is 1. The molecule has 1 saturated heterocycles. The molecule has 1 aromatic carbocycles. The molecule has 1 aromatic rings. The van der Waals surface area contributed by atoms with Crippen LogP contribution in [0.15, 0.2) is 17.0 Å². The molecule has 0 saturated carbocycles. The van der Waals surface area contributed by atoms with E-state index >= 15 is 0 Å². The number of ether oxygens (including phenoxy) is 2. The van der Waals surface area contributed by atoms with Crippen molar-refractivity contribution >= 4 is 15.7 Å². The molecule has 11 heteroatoms. The molecule has 0 bridgehead atoms. The van der Waals surface area contributed by atoms with Crippen LogP contribution in [0.1, 0.15) is 0 Å². The van der Waals surface area contributed by atoms with Gasteiger partial charge in [-0.05, 0) is 0 Å². The summed E-state index contributed by atoms with van der Waals surface area (Å²) in [4.78, 5) is 12.2. The number of nitro benzene ring substituents is 1. The molecule has 1 fully saturated rings. The smallest absolute Gasteiger partial charge is 0.314 e. The molecular formula is C14H21N3O7S. The second-order valence-electron chi connectivity index (χ2n) is 5.40. The van der Waals surface area contributed by atoms with E-state index in [2.05, 4.69) is 0 Å². The summed E-state index contributed by atoms with van der Waals surface area (Å²) in [6, 6.07) is 2.17. The monoisotopic (exact) mass is 375 g/mol. The third-order valence-corrected chi connectivity index (χ3v) is 5.95. The Morgan fingerprint density at radius 1 is 1.16 bits per heavy atom. The number of nitro groups is 1. The van der Waals surface area contributed by atoms with Crippen LogP contribution in [-0.2, 0) is 10.0 Å². The molecule has 0 aliphatic carbocycles. The number of hydrogen-bond donors (Lipinski definition) is 1. The van der Waals surface area contributed by atoms with Gasteiger partial charge in [0.15, 0.2) is 5.75 Å². The standard InChI is InChI=1S/C14H21N3O7S/c1-23-12-10-14(13(24-2)9-11(12)17(19)20)25(21,22)16-5-3-15(4-6-16)7-8-18/h9-10,18H,3-8H2,1-2H3. The maximum absolute atomic E-state index is 12.9. The number of aliphatic hydroxyl groups is 1. The molecule has 0 atom stereocenters. The molecule has 25 heavy (non-hydrogen) atoms. The predicted octanol–water partition coefficient (Wildman–Crippen LogP) is -0.0894. The van der Waals surface area contributed by atoms with Crippen LogP contribution in [0.4, 0.5) is 5.69 Å². The average molecular weight is 375 g/mol.